The van der Waals surface area contributed by atoms with Crippen molar-refractivity contribution in [3.8, 4) is 0 Å². The highest BCUT2D eigenvalue weighted by Gasteiger charge is 2.50. The van der Waals surface area contributed by atoms with Gasteiger partial charge in [0.25, 0.3) is 0 Å². The first-order chi connectivity index (χ1) is 17.1. The molecular formula is C25H39N5O5S2. The molecule has 0 saturated heterocycles. The Bertz CT molecular complexity index is 1070. The van der Waals surface area contributed by atoms with Crippen LogP contribution in [0.25, 0.3) is 0 Å². The lowest BCUT2D eigenvalue weighted by molar-refractivity contribution is -0.243. The molecule has 0 saturated carbocycles. The number of ether oxygens (including phenoxy) is 2. The van der Waals surface area contributed by atoms with Crippen LogP contribution in [0.2, 0.25) is 0 Å². The molecule has 10 nitrogen and oxygen atoms in total. The van der Waals surface area contributed by atoms with Crippen LogP contribution in [0.4, 0.5) is 14.7 Å². The Morgan fingerprint density at radius 2 is 1.65 bits per heavy atom. The molecule has 0 spiro atoms. The number of hydrogen-bond donors (Lipinski definition) is 4. The maximum atomic E-state index is 12.5. The molecule has 1 unspecified atom stereocenters. The third-order valence-electron chi connectivity index (χ3n) is 5.08. The number of alkyl carbamates (subject to hydrolysis) is 1. The normalized spacial score (nSPS) is 13.5. The number of carbonyl (C=O) groups is 3. The zero-order valence-corrected chi connectivity index (χ0v) is 24.3. The summed E-state index contributed by atoms with van der Waals surface area (Å²) in [4.78, 5) is 42.3. The number of nitrogens with two attached hydrogens (primary N) is 1. The Morgan fingerprint density at radius 3 is 2.22 bits per heavy atom. The topological polar surface area (TPSA) is 145 Å². The van der Waals surface area contributed by atoms with Crippen LogP contribution in [0, 0.1) is 5.41 Å². The van der Waals surface area contributed by atoms with Crippen molar-refractivity contribution in [2.24, 2.45) is 11.1 Å². The monoisotopic (exact) mass is 553 g/mol. The number of nitrogens with one attached hydrogen (secondary N) is 3. The third-order valence-corrected chi connectivity index (χ3v) is 7.09. The second kappa shape index (κ2) is 12.7. The summed E-state index contributed by atoms with van der Waals surface area (Å²) >= 11 is 3.16. The van der Waals surface area contributed by atoms with Crippen LogP contribution in [0.15, 0.2) is 17.5 Å². The predicted octanol–water partition coefficient (Wildman–Crippen LogP) is 4.79. The summed E-state index contributed by atoms with van der Waals surface area (Å²) in [6.45, 7) is 12.7. The molecule has 0 radical (unpaired) electrons. The summed E-state index contributed by atoms with van der Waals surface area (Å²) in [6, 6.07) is 4.22. The second-order valence-corrected chi connectivity index (χ2v) is 12.9. The molecule has 206 valence electrons. The maximum Gasteiger partial charge on any atom is 0.411 e. The van der Waals surface area contributed by atoms with Gasteiger partial charge in [0.1, 0.15) is 0 Å². The van der Waals surface area contributed by atoms with Crippen molar-refractivity contribution < 1.29 is 23.9 Å². The molecule has 2 rings (SSSR count). The number of aryl methyl sites for hydroxylation is 3. The number of primary amides is 1. The van der Waals surface area contributed by atoms with E-state index >= 15 is 0 Å². The van der Waals surface area contributed by atoms with Crippen molar-refractivity contribution in [1.29, 1.82) is 0 Å². The molecule has 0 aliphatic heterocycles. The molecule has 0 aromatic carbocycles. The molecule has 0 bridgehead atoms. The Kier molecular flexibility index (Phi) is 10.5. The Balaban J connectivity index is 1.93. The lowest BCUT2D eigenvalue weighted by Crippen LogP contribution is -2.63. The molecular weight excluding hydrogens is 514 g/mol. The first kappa shape index (κ1) is 30.5. The van der Waals surface area contributed by atoms with E-state index in [0.29, 0.717) is 11.7 Å². The molecule has 1 atom stereocenters. The third kappa shape index (κ3) is 10.3. The van der Waals surface area contributed by atoms with E-state index in [1.807, 2.05) is 26.2 Å². The van der Waals surface area contributed by atoms with Gasteiger partial charge in [-0.1, -0.05) is 20.8 Å². The van der Waals surface area contributed by atoms with Crippen molar-refractivity contribution in [3.63, 3.8) is 0 Å². The quantitative estimate of drug-likeness (QED) is 0.231. The number of amides is 3. The predicted molar refractivity (Wildman–Crippen MR) is 147 cm³/mol. The molecule has 5 N–H and O–H groups in total. The van der Waals surface area contributed by atoms with Crippen LogP contribution in [0.3, 0.4) is 0 Å². The fraction of sp³-hybridized carbons (Fsp3) is 0.600. The van der Waals surface area contributed by atoms with E-state index in [1.165, 1.54) is 28.0 Å². The summed E-state index contributed by atoms with van der Waals surface area (Å²) in [7, 11) is 0. The lowest BCUT2D eigenvalue weighted by atomic mass is 9.90. The highest BCUT2D eigenvalue weighted by Crippen LogP contribution is 2.33. The van der Waals surface area contributed by atoms with E-state index in [2.05, 4.69) is 33.1 Å². The van der Waals surface area contributed by atoms with Crippen molar-refractivity contribution in [2.75, 3.05) is 11.9 Å². The van der Waals surface area contributed by atoms with Gasteiger partial charge in [-0.3, -0.25) is 4.79 Å². The number of nitrogens with zero attached hydrogens (tertiary/aromatic N) is 1. The molecule has 0 fully saturated rings. The van der Waals surface area contributed by atoms with E-state index in [-0.39, 0.29) is 5.91 Å². The van der Waals surface area contributed by atoms with Gasteiger partial charge in [0.2, 0.25) is 5.91 Å². The number of carbonyl (C=O) groups excluding carboxylic acids is 3. The van der Waals surface area contributed by atoms with Crippen LogP contribution in [-0.2, 0) is 33.5 Å². The standard InChI is InChI=1S/C25H39N5O5S2/c1-16(31)28-21-29-17(15-36-21)10-11-19-13-12-18(37-19)9-8-14-27-25(23(2,3)4,34-20(26)32)35-22(33)30-24(5,6)7/h12-13,15,27H,8-11,14H2,1-7H3,(H2,26,32)(H,30,33)(H,28,29,31). The van der Waals surface area contributed by atoms with E-state index in [0.717, 1.165) is 31.4 Å². The zero-order valence-electron chi connectivity index (χ0n) is 22.6. The van der Waals surface area contributed by atoms with Gasteiger partial charge >= 0.3 is 18.1 Å². The summed E-state index contributed by atoms with van der Waals surface area (Å²) in [6.07, 6.45) is 1.41. The first-order valence-corrected chi connectivity index (χ1v) is 13.8. The summed E-state index contributed by atoms with van der Waals surface area (Å²) < 4.78 is 11.0. The Labute approximate surface area is 226 Å². The average Bonchev–Trinajstić information content (AvgIpc) is 3.35. The van der Waals surface area contributed by atoms with Gasteiger partial charge in [-0.25, -0.2) is 19.9 Å². The van der Waals surface area contributed by atoms with Gasteiger partial charge in [-0.05, 0) is 58.6 Å². The molecule has 2 aromatic heterocycles. The van der Waals surface area contributed by atoms with Crippen molar-refractivity contribution in [3.05, 3.63) is 33.0 Å². The maximum absolute atomic E-state index is 12.5. The van der Waals surface area contributed by atoms with E-state index < -0.39 is 29.1 Å². The van der Waals surface area contributed by atoms with Crippen LogP contribution in [0.5, 0.6) is 0 Å². The Hall–Kier alpha value is -2.70. The molecule has 12 heteroatoms. The Morgan fingerprint density at radius 1 is 1.00 bits per heavy atom. The number of thiazole rings is 1. The van der Waals surface area contributed by atoms with Crippen LogP contribution in [0.1, 0.15) is 70.3 Å². The smallest absolute Gasteiger partial charge is 0.392 e. The van der Waals surface area contributed by atoms with E-state index in [1.54, 1.807) is 32.1 Å². The molecule has 37 heavy (non-hydrogen) atoms. The highest BCUT2D eigenvalue weighted by molar-refractivity contribution is 7.14. The van der Waals surface area contributed by atoms with Crippen molar-refractivity contribution in [1.82, 2.24) is 15.6 Å². The largest absolute Gasteiger partial charge is 0.411 e. The SMILES string of the molecule is CC(=O)Nc1nc(CCc2ccc(CCCNC(OC(N)=O)(OC(=O)NC(C)(C)C)C(C)(C)C)s2)cs1. The van der Waals surface area contributed by atoms with Gasteiger partial charge in [0.05, 0.1) is 11.1 Å². The van der Waals surface area contributed by atoms with E-state index in [9.17, 15) is 14.4 Å². The average molecular weight is 554 g/mol. The minimum atomic E-state index is -1.74. The highest BCUT2D eigenvalue weighted by atomic mass is 32.1. The molecule has 2 heterocycles. The van der Waals surface area contributed by atoms with Gasteiger partial charge in [-0.2, -0.15) is 0 Å². The zero-order chi connectivity index (χ0) is 27.9. The van der Waals surface area contributed by atoms with E-state index in [4.69, 9.17) is 15.2 Å². The number of anilines is 1. The molecule has 0 aliphatic carbocycles. The van der Waals surface area contributed by atoms with Gasteiger partial charge in [-0.15, -0.1) is 22.7 Å². The van der Waals surface area contributed by atoms with Crippen LogP contribution < -0.4 is 21.7 Å². The minimum Gasteiger partial charge on any atom is -0.392 e. The number of hydrogen-bond acceptors (Lipinski definition) is 9. The van der Waals surface area contributed by atoms with Crippen molar-refractivity contribution in [2.45, 2.75) is 85.6 Å². The second-order valence-electron chi connectivity index (χ2n) is 10.8. The summed E-state index contributed by atoms with van der Waals surface area (Å²) in [5.41, 5.74) is 4.96. The fourth-order valence-electron chi connectivity index (χ4n) is 3.36. The van der Waals surface area contributed by atoms with Gasteiger partial charge in [0.15, 0.2) is 5.13 Å². The van der Waals surface area contributed by atoms with Gasteiger partial charge < -0.3 is 25.8 Å². The van der Waals surface area contributed by atoms with Gasteiger partial charge in [0, 0.05) is 34.1 Å². The number of aromatic nitrogens is 1. The number of rotatable bonds is 11. The number of thiophene rings is 1. The molecule has 3 amide bonds. The molecule has 0 aliphatic rings. The first-order valence-electron chi connectivity index (χ1n) is 12.1. The summed E-state index contributed by atoms with van der Waals surface area (Å²) in [5, 5.41) is 11.1. The van der Waals surface area contributed by atoms with Crippen molar-refractivity contribution >= 4 is 45.9 Å². The minimum absolute atomic E-state index is 0.126. The molecule has 2 aromatic rings. The fourth-order valence-corrected chi connectivity index (χ4v) is 5.21. The van der Waals surface area contributed by atoms with Crippen LogP contribution in [-0.4, -0.2) is 41.1 Å². The summed E-state index contributed by atoms with van der Waals surface area (Å²) in [5.74, 6) is -1.86. The van der Waals surface area contributed by atoms with Crippen LogP contribution >= 0.6 is 22.7 Å². The lowest BCUT2D eigenvalue weighted by Gasteiger charge is -2.42.